The van der Waals surface area contributed by atoms with Crippen LogP contribution in [0, 0.1) is 0 Å². The summed E-state index contributed by atoms with van der Waals surface area (Å²) in [5.74, 6) is 0. The number of nitrogens with zero attached hydrogens (tertiary/aromatic N) is 1. The number of hydrogen-bond donors (Lipinski definition) is 0. The van der Waals surface area contributed by atoms with Crippen LogP contribution in [0.15, 0.2) is 0 Å². The van der Waals surface area contributed by atoms with Crippen molar-refractivity contribution in [3.63, 3.8) is 0 Å². The van der Waals surface area contributed by atoms with Crippen LogP contribution in [-0.2, 0) is 0 Å². The summed E-state index contributed by atoms with van der Waals surface area (Å²) in [6, 6.07) is 0. The molecule has 0 radical (unpaired) electrons. The Morgan fingerprint density at radius 1 is 1.44 bits per heavy atom. The van der Waals surface area contributed by atoms with Gasteiger partial charge in [-0.05, 0) is 19.8 Å². The van der Waals surface area contributed by atoms with Gasteiger partial charge < -0.3 is 0 Å². The van der Waals surface area contributed by atoms with Gasteiger partial charge in [-0.3, -0.25) is 0 Å². The molecule has 0 N–H and O–H groups in total. The molecule has 0 unspecified atom stereocenters. The number of piperidine rings is 1. The Balaban J connectivity index is 2.35. The molecule has 1 aliphatic rings. The van der Waals surface area contributed by atoms with E-state index in [4.69, 9.17) is 0 Å². The van der Waals surface area contributed by atoms with E-state index in [0.717, 1.165) is 13.1 Å². The molecular formula is C6H11FIN. The number of alkyl halides is 1. The maximum absolute atomic E-state index is 13.0. The first-order valence-electron chi connectivity index (χ1n) is 3.20. The summed E-state index contributed by atoms with van der Waals surface area (Å²) in [6.07, 6.45) is 1.38. The summed E-state index contributed by atoms with van der Waals surface area (Å²) in [5, 5.41) is 0. The summed E-state index contributed by atoms with van der Waals surface area (Å²) < 4.78 is 15.2. The molecule has 0 aromatic rings. The highest BCUT2D eigenvalue weighted by atomic mass is 127. The average Bonchev–Trinajstić information content (AvgIpc) is 1.78. The van der Waals surface area contributed by atoms with Gasteiger partial charge in [0.15, 0.2) is 0 Å². The van der Waals surface area contributed by atoms with Gasteiger partial charge >= 0.3 is 0 Å². The second-order valence-corrected chi connectivity index (χ2v) is 4.19. The van der Waals surface area contributed by atoms with Gasteiger partial charge in [0.05, 0.1) is 0 Å². The standard InChI is InChI=1S/C6H11FIN/c1-6(7)2-4-9(8)5-3-6/h2-5H2,1H3. The van der Waals surface area contributed by atoms with Crippen molar-refractivity contribution in [2.24, 2.45) is 0 Å². The SMILES string of the molecule is CC1(F)CCN(I)CC1. The Morgan fingerprint density at radius 2 is 1.89 bits per heavy atom. The molecule has 54 valence electrons. The Labute approximate surface area is 69.1 Å². The largest absolute Gasteiger partial charge is 0.247 e. The lowest BCUT2D eigenvalue weighted by Gasteiger charge is -2.29. The Hall–Kier alpha value is 0.620. The average molecular weight is 243 g/mol. The fraction of sp³-hybridized carbons (Fsp3) is 1.00. The molecule has 1 aliphatic heterocycles. The first-order valence-corrected chi connectivity index (χ1v) is 4.16. The highest BCUT2D eigenvalue weighted by molar-refractivity contribution is 14.1. The molecule has 0 atom stereocenters. The van der Waals surface area contributed by atoms with Crippen LogP contribution in [0.4, 0.5) is 4.39 Å². The smallest absolute Gasteiger partial charge is 0.110 e. The van der Waals surface area contributed by atoms with Crippen LogP contribution in [-0.4, -0.2) is 21.9 Å². The van der Waals surface area contributed by atoms with Gasteiger partial charge in [0.1, 0.15) is 5.67 Å². The highest BCUT2D eigenvalue weighted by Gasteiger charge is 2.28. The number of rotatable bonds is 0. The van der Waals surface area contributed by atoms with Crippen molar-refractivity contribution in [2.45, 2.75) is 25.4 Å². The molecule has 0 aromatic heterocycles. The van der Waals surface area contributed by atoms with Gasteiger partial charge in [-0.1, -0.05) is 0 Å². The lowest BCUT2D eigenvalue weighted by molar-refractivity contribution is 0.118. The third-order valence-electron chi connectivity index (χ3n) is 1.75. The zero-order chi connectivity index (χ0) is 6.91. The highest BCUT2D eigenvalue weighted by Crippen LogP contribution is 2.26. The lowest BCUT2D eigenvalue weighted by atomic mass is 9.97. The topological polar surface area (TPSA) is 3.24 Å². The first-order chi connectivity index (χ1) is 4.10. The van der Waals surface area contributed by atoms with Crippen molar-refractivity contribution >= 4 is 22.9 Å². The Kier molecular flexibility index (Phi) is 2.32. The quantitative estimate of drug-likeness (QED) is 0.465. The van der Waals surface area contributed by atoms with Gasteiger partial charge in [-0.25, -0.2) is 7.50 Å². The van der Waals surface area contributed by atoms with Gasteiger partial charge in [0.2, 0.25) is 0 Å². The predicted octanol–water partition coefficient (Wildman–Crippen LogP) is 2.16. The minimum atomic E-state index is -0.887. The molecule has 0 saturated carbocycles. The molecule has 0 bridgehead atoms. The van der Waals surface area contributed by atoms with Crippen molar-refractivity contribution in [2.75, 3.05) is 13.1 Å². The van der Waals surface area contributed by atoms with E-state index in [-0.39, 0.29) is 0 Å². The summed E-state index contributed by atoms with van der Waals surface area (Å²) in [4.78, 5) is 0. The molecule has 1 rings (SSSR count). The van der Waals surface area contributed by atoms with Crippen LogP contribution in [0.5, 0.6) is 0 Å². The molecule has 0 spiro atoms. The number of halogens is 2. The fourth-order valence-electron chi connectivity index (χ4n) is 0.946. The van der Waals surface area contributed by atoms with Crippen LogP contribution in [0.2, 0.25) is 0 Å². The van der Waals surface area contributed by atoms with Crippen LogP contribution in [0.3, 0.4) is 0 Å². The second-order valence-electron chi connectivity index (χ2n) is 2.82. The van der Waals surface area contributed by atoms with Gasteiger partial charge in [0, 0.05) is 36.0 Å². The van der Waals surface area contributed by atoms with Crippen molar-refractivity contribution in [1.29, 1.82) is 0 Å². The van der Waals surface area contributed by atoms with Gasteiger partial charge in [-0.15, -0.1) is 0 Å². The zero-order valence-electron chi connectivity index (χ0n) is 5.53. The maximum atomic E-state index is 13.0. The Bertz CT molecular complexity index is 95.2. The van der Waals surface area contributed by atoms with E-state index >= 15 is 0 Å². The lowest BCUT2D eigenvalue weighted by Crippen LogP contribution is -2.34. The molecule has 1 fully saturated rings. The van der Waals surface area contributed by atoms with Crippen LogP contribution in [0.25, 0.3) is 0 Å². The van der Waals surface area contributed by atoms with Crippen LogP contribution >= 0.6 is 22.9 Å². The molecule has 1 heterocycles. The molecule has 1 nitrogen and oxygen atoms in total. The third-order valence-corrected chi connectivity index (χ3v) is 2.72. The summed E-state index contributed by atoms with van der Waals surface area (Å²) in [6.45, 7) is 3.48. The minimum Gasteiger partial charge on any atom is -0.247 e. The molecule has 3 heteroatoms. The molecule has 9 heavy (non-hydrogen) atoms. The van der Waals surface area contributed by atoms with E-state index in [1.54, 1.807) is 6.92 Å². The van der Waals surface area contributed by atoms with Gasteiger partial charge in [-0.2, -0.15) is 0 Å². The summed E-state index contributed by atoms with van der Waals surface area (Å²) in [5.41, 5.74) is -0.887. The van der Waals surface area contributed by atoms with Crippen LogP contribution in [0.1, 0.15) is 19.8 Å². The van der Waals surface area contributed by atoms with Crippen molar-refractivity contribution in [3.05, 3.63) is 0 Å². The Morgan fingerprint density at radius 3 is 2.22 bits per heavy atom. The van der Waals surface area contributed by atoms with E-state index in [9.17, 15) is 4.39 Å². The maximum Gasteiger partial charge on any atom is 0.110 e. The van der Waals surface area contributed by atoms with Crippen LogP contribution < -0.4 is 0 Å². The molecule has 0 aromatic carbocycles. The second kappa shape index (κ2) is 2.70. The first kappa shape index (κ1) is 7.72. The monoisotopic (exact) mass is 243 g/mol. The predicted molar refractivity (Wildman–Crippen MR) is 44.3 cm³/mol. The van der Waals surface area contributed by atoms with Gasteiger partial charge in [0.25, 0.3) is 0 Å². The third kappa shape index (κ3) is 2.37. The van der Waals surface area contributed by atoms with E-state index in [1.807, 2.05) is 0 Å². The molecular weight excluding hydrogens is 232 g/mol. The van der Waals surface area contributed by atoms with E-state index in [1.165, 1.54) is 0 Å². The molecule has 1 saturated heterocycles. The van der Waals surface area contributed by atoms with E-state index in [2.05, 4.69) is 26.0 Å². The number of hydrogen-bond acceptors (Lipinski definition) is 1. The molecule has 0 aliphatic carbocycles. The zero-order valence-corrected chi connectivity index (χ0v) is 7.69. The van der Waals surface area contributed by atoms with Crippen molar-refractivity contribution in [1.82, 2.24) is 3.11 Å². The minimum absolute atomic E-state index is 0.690. The van der Waals surface area contributed by atoms with Crippen molar-refractivity contribution < 1.29 is 4.39 Å². The van der Waals surface area contributed by atoms with Crippen molar-refractivity contribution in [3.8, 4) is 0 Å². The van der Waals surface area contributed by atoms with E-state index in [0.29, 0.717) is 12.8 Å². The summed E-state index contributed by atoms with van der Waals surface area (Å²) >= 11 is 2.24. The summed E-state index contributed by atoms with van der Waals surface area (Å²) in [7, 11) is 0. The van der Waals surface area contributed by atoms with E-state index < -0.39 is 5.67 Å². The normalized spacial score (nSPS) is 28.3. The fourth-order valence-corrected chi connectivity index (χ4v) is 1.43. The molecule has 0 amide bonds.